The maximum Gasteiger partial charge on any atom is 0.161 e. The molecule has 112 valence electrons. The lowest BCUT2D eigenvalue weighted by Crippen LogP contribution is -2.06. The summed E-state index contributed by atoms with van der Waals surface area (Å²) in [6.45, 7) is 0.971. The Labute approximate surface area is 138 Å². The van der Waals surface area contributed by atoms with Crippen LogP contribution in [0.5, 0.6) is 11.5 Å². The number of hydrogen-bond acceptors (Lipinski definition) is 2. The molecule has 2 radical (unpaired) electrons. The fraction of sp³-hybridized carbons (Fsp3) is 0.100. The average Bonchev–Trinajstić information content (AvgIpc) is 2.61. The Morgan fingerprint density at radius 1 is 0.609 bits per heavy atom. The average molecular weight is 300 g/mol. The number of rotatable bonds is 6. The third-order valence-electron chi connectivity index (χ3n) is 3.44. The Hall–Kier alpha value is -2.68. The van der Waals surface area contributed by atoms with E-state index in [1.54, 1.807) is 6.07 Å². The van der Waals surface area contributed by atoms with E-state index in [0.29, 0.717) is 30.2 Å². The summed E-state index contributed by atoms with van der Waals surface area (Å²) in [6.07, 6.45) is 0. The molecular weight excluding hydrogens is 283 g/mol. The van der Waals surface area contributed by atoms with E-state index in [2.05, 4.69) is 0 Å². The van der Waals surface area contributed by atoms with Crippen LogP contribution in [0.15, 0.2) is 78.9 Å². The van der Waals surface area contributed by atoms with Gasteiger partial charge in [0, 0.05) is 0 Å². The summed E-state index contributed by atoms with van der Waals surface area (Å²) >= 11 is 0. The third kappa shape index (κ3) is 4.40. The molecule has 0 amide bonds. The molecule has 0 unspecified atom stereocenters. The molecule has 3 aromatic rings. The van der Waals surface area contributed by atoms with Gasteiger partial charge in [-0.25, -0.2) is 0 Å². The van der Waals surface area contributed by atoms with Crippen molar-refractivity contribution in [1.82, 2.24) is 0 Å². The zero-order valence-electron chi connectivity index (χ0n) is 12.8. The fourth-order valence-corrected chi connectivity index (χ4v) is 2.23. The first-order valence-electron chi connectivity index (χ1n) is 7.54. The lowest BCUT2D eigenvalue weighted by Gasteiger charge is -2.14. The van der Waals surface area contributed by atoms with Crippen LogP contribution in [-0.2, 0) is 13.2 Å². The fourth-order valence-electron chi connectivity index (χ4n) is 2.23. The van der Waals surface area contributed by atoms with Crippen LogP contribution in [0.3, 0.4) is 0 Å². The normalized spacial score (nSPS) is 10.3. The Balaban J connectivity index is 1.70. The lowest BCUT2D eigenvalue weighted by atomic mass is 9.96. The van der Waals surface area contributed by atoms with Gasteiger partial charge in [-0.1, -0.05) is 72.2 Å². The largest absolute Gasteiger partial charge is 0.485 e. The van der Waals surface area contributed by atoms with Crippen LogP contribution in [0.4, 0.5) is 0 Å². The predicted octanol–water partition coefficient (Wildman–Crippen LogP) is 3.64. The Bertz CT molecular complexity index is 742. The van der Waals surface area contributed by atoms with Crippen LogP contribution in [0.25, 0.3) is 0 Å². The van der Waals surface area contributed by atoms with Gasteiger partial charge in [-0.2, -0.15) is 0 Å². The van der Waals surface area contributed by atoms with Gasteiger partial charge in [-0.3, -0.25) is 0 Å². The number of hydrogen-bond donors (Lipinski definition) is 0. The van der Waals surface area contributed by atoms with Crippen LogP contribution in [-0.4, -0.2) is 7.85 Å². The Kier molecular flexibility index (Phi) is 5.00. The summed E-state index contributed by atoms with van der Waals surface area (Å²) in [6, 6.07) is 25.5. The van der Waals surface area contributed by atoms with Crippen molar-refractivity contribution in [3.63, 3.8) is 0 Å². The van der Waals surface area contributed by atoms with Crippen LogP contribution < -0.4 is 14.9 Å². The molecule has 0 fully saturated rings. The number of ether oxygens (including phenoxy) is 2. The van der Waals surface area contributed by atoms with Crippen molar-refractivity contribution in [3.05, 3.63) is 90.0 Å². The van der Waals surface area contributed by atoms with Crippen molar-refractivity contribution in [1.29, 1.82) is 0 Å². The van der Waals surface area contributed by atoms with Crippen LogP contribution in [0, 0.1) is 0 Å². The summed E-state index contributed by atoms with van der Waals surface area (Å²) in [5.41, 5.74) is 2.86. The van der Waals surface area contributed by atoms with E-state index in [4.69, 9.17) is 17.3 Å². The summed E-state index contributed by atoms with van der Waals surface area (Å²) in [7, 11) is 5.87. The van der Waals surface area contributed by atoms with Crippen LogP contribution in [0.1, 0.15) is 11.1 Å². The lowest BCUT2D eigenvalue weighted by molar-refractivity contribution is 0.256. The van der Waals surface area contributed by atoms with E-state index in [9.17, 15) is 0 Å². The van der Waals surface area contributed by atoms with Gasteiger partial charge in [0.05, 0.1) is 0 Å². The minimum Gasteiger partial charge on any atom is -0.485 e. The van der Waals surface area contributed by atoms with Gasteiger partial charge in [0.2, 0.25) is 0 Å². The van der Waals surface area contributed by atoms with E-state index in [1.165, 1.54) is 0 Å². The molecule has 3 rings (SSSR count). The molecule has 0 aliphatic carbocycles. The van der Waals surface area contributed by atoms with Crippen molar-refractivity contribution in [2.45, 2.75) is 13.2 Å². The third-order valence-corrected chi connectivity index (χ3v) is 3.44. The topological polar surface area (TPSA) is 18.5 Å². The summed E-state index contributed by atoms with van der Waals surface area (Å²) in [5.74, 6) is 1.35. The zero-order chi connectivity index (χ0) is 15.9. The quantitative estimate of drug-likeness (QED) is 0.647. The zero-order valence-corrected chi connectivity index (χ0v) is 12.8. The van der Waals surface area contributed by atoms with Crippen LogP contribution in [0.2, 0.25) is 0 Å². The van der Waals surface area contributed by atoms with Crippen molar-refractivity contribution in [2.24, 2.45) is 0 Å². The van der Waals surface area contributed by atoms with E-state index in [0.717, 1.165) is 11.1 Å². The van der Waals surface area contributed by atoms with Gasteiger partial charge in [0.1, 0.15) is 21.1 Å². The van der Waals surface area contributed by atoms with E-state index >= 15 is 0 Å². The first-order valence-corrected chi connectivity index (χ1v) is 7.54. The smallest absolute Gasteiger partial charge is 0.161 e. The Morgan fingerprint density at radius 3 is 1.70 bits per heavy atom. The van der Waals surface area contributed by atoms with Crippen molar-refractivity contribution >= 4 is 13.3 Å². The Morgan fingerprint density at radius 2 is 1.13 bits per heavy atom. The van der Waals surface area contributed by atoms with Gasteiger partial charge in [0.15, 0.2) is 11.5 Å². The molecule has 0 spiro atoms. The van der Waals surface area contributed by atoms with E-state index < -0.39 is 0 Å². The monoisotopic (exact) mass is 300 g/mol. The molecule has 0 aliphatic rings. The molecule has 0 atom stereocenters. The van der Waals surface area contributed by atoms with E-state index in [-0.39, 0.29) is 0 Å². The highest BCUT2D eigenvalue weighted by molar-refractivity contribution is 6.32. The standard InChI is InChI=1S/C20H17BO2/c21-18-11-12-19(22-14-16-7-3-1-4-8-16)20(13-18)23-15-17-9-5-2-6-10-17/h1-13H,14-15H2. The minimum absolute atomic E-state index is 0.478. The highest BCUT2D eigenvalue weighted by atomic mass is 16.5. The molecule has 0 aromatic heterocycles. The minimum atomic E-state index is 0.478. The molecule has 3 aromatic carbocycles. The van der Waals surface area contributed by atoms with Crippen molar-refractivity contribution < 1.29 is 9.47 Å². The number of benzene rings is 3. The van der Waals surface area contributed by atoms with Crippen molar-refractivity contribution in [3.8, 4) is 11.5 Å². The molecule has 0 bridgehead atoms. The molecule has 3 heteroatoms. The highest BCUT2D eigenvalue weighted by Crippen LogP contribution is 2.27. The predicted molar refractivity (Wildman–Crippen MR) is 93.4 cm³/mol. The molecule has 0 N–H and O–H groups in total. The molecule has 2 nitrogen and oxygen atoms in total. The summed E-state index contributed by atoms with van der Waals surface area (Å²) in [4.78, 5) is 0. The summed E-state index contributed by atoms with van der Waals surface area (Å²) < 4.78 is 11.8. The molecule has 0 saturated carbocycles. The molecule has 0 heterocycles. The van der Waals surface area contributed by atoms with Gasteiger partial charge >= 0.3 is 0 Å². The first-order chi connectivity index (χ1) is 11.3. The van der Waals surface area contributed by atoms with E-state index in [1.807, 2.05) is 72.8 Å². The second kappa shape index (κ2) is 7.55. The van der Waals surface area contributed by atoms with Crippen molar-refractivity contribution in [2.75, 3.05) is 0 Å². The van der Waals surface area contributed by atoms with Gasteiger partial charge in [-0.05, 0) is 23.3 Å². The van der Waals surface area contributed by atoms with Gasteiger partial charge in [-0.15, -0.1) is 0 Å². The maximum absolute atomic E-state index is 5.89. The summed E-state index contributed by atoms with van der Waals surface area (Å²) in [5, 5.41) is 0. The molecular formula is C20H17BO2. The second-order valence-electron chi connectivity index (χ2n) is 5.25. The SMILES string of the molecule is [B]c1ccc(OCc2ccccc2)c(OCc2ccccc2)c1. The van der Waals surface area contributed by atoms with Crippen LogP contribution >= 0.6 is 0 Å². The van der Waals surface area contributed by atoms with Gasteiger partial charge in [0.25, 0.3) is 0 Å². The molecule has 0 aliphatic heterocycles. The maximum atomic E-state index is 5.89. The highest BCUT2D eigenvalue weighted by Gasteiger charge is 2.06. The molecule has 0 saturated heterocycles. The second-order valence-corrected chi connectivity index (χ2v) is 5.25. The van der Waals surface area contributed by atoms with Gasteiger partial charge < -0.3 is 9.47 Å². The molecule has 23 heavy (non-hydrogen) atoms. The first kappa shape index (κ1) is 15.2.